The number of esters is 2. The number of hydrogen-bond donors (Lipinski definition) is 0. The first-order chi connectivity index (χ1) is 9.99. The average Bonchev–Trinajstić information content (AvgIpc) is 2.44. The summed E-state index contributed by atoms with van der Waals surface area (Å²) in [6, 6.07) is 5.98. The van der Waals surface area contributed by atoms with Crippen molar-refractivity contribution in [2.75, 3.05) is 13.2 Å². The van der Waals surface area contributed by atoms with E-state index in [0.29, 0.717) is 5.56 Å². The highest BCUT2D eigenvalue weighted by atomic mass is 19.1. The molecular weight excluding hydrogens is 275 g/mol. The van der Waals surface area contributed by atoms with Gasteiger partial charge < -0.3 is 9.47 Å². The number of allylic oxidation sites excluding steroid dienone is 1. The third kappa shape index (κ3) is 5.02. The Kier molecular flexibility index (Phi) is 6.59. The average molecular weight is 294 g/mol. The van der Waals surface area contributed by atoms with Gasteiger partial charge in [0.15, 0.2) is 0 Å². The van der Waals surface area contributed by atoms with Crippen LogP contribution < -0.4 is 0 Å². The Morgan fingerprint density at radius 1 is 1.19 bits per heavy atom. The van der Waals surface area contributed by atoms with Crippen LogP contribution in [0.15, 0.2) is 35.9 Å². The summed E-state index contributed by atoms with van der Waals surface area (Å²) in [4.78, 5) is 23.7. The third-order valence-corrected chi connectivity index (χ3v) is 2.78. The minimum atomic E-state index is -0.737. The molecule has 0 saturated carbocycles. The van der Waals surface area contributed by atoms with E-state index >= 15 is 0 Å². The zero-order valence-electron chi connectivity index (χ0n) is 12.4. The van der Waals surface area contributed by atoms with Crippen LogP contribution in [0.2, 0.25) is 0 Å². The molecule has 114 valence electrons. The molecule has 0 radical (unpaired) electrons. The zero-order valence-corrected chi connectivity index (χ0v) is 12.4. The Morgan fingerprint density at radius 3 is 2.24 bits per heavy atom. The van der Waals surface area contributed by atoms with Crippen LogP contribution in [0.25, 0.3) is 0 Å². The quantitative estimate of drug-likeness (QED) is 0.350. The first-order valence-corrected chi connectivity index (χ1v) is 6.81. The summed E-state index contributed by atoms with van der Waals surface area (Å²) >= 11 is 0. The van der Waals surface area contributed by atoms with Crippen LogP contribution in [0.4, 0.5) is 4.39 Å². The lowest BCUT2D eigenvalue weighted by atomic mass is 9.98. The fourth-order valence-corrected chi connectivity index (χ4v) is 1.77. The van der Waals surface area contributed by atoms with Gasteiger partial charge in [-0.15, -0.1) is 0 Å². The molecule has 0 unspecified atom stereocenters. The van der Waals surface area contributed by atoms with Crippen LogP contribution in [-0.4, -0.2) is 25.2 Å². The zero-order chi connectivity index (χ0) is 15.8. The minimum Gasteiger partial charge on any atom is -0.462 e. The summed E-state index contributed by atoms with van der Waals surface area (Å²) < 4.78 is 22.9. The van der Waals surface area contributed by atoms with Crippen molar-refractivity contribution >= 4 is 11.9 Å². The molecule has 0 spiro atoms. The number of halogens is 1. The van der Waals surface area contributed by atoms with Crippen LogP contribution in [0.3, 0.4) is 0 Å². The van der Waals surface area contributed by atoms with Crippen molar-refractivity contribution in [1.82, 2.24) is 0 Å². The van der Waals surface area contributed by atoms with Gasteiger partial charge >= 0.3 is 11.9 Å². The predicted octanol–water partition coefficient (Wildman–Crippen LogP) is 2.98. The Hall–Kier alpha value is -2.17. The molecular formula is C16H19FO4. The summed E-state index contributed by atoms with van der Waals surface area (Å²) in [5, 5.41) is 0. The predicted molar refractivity (Wildman–Crippen MR) is 76.2 cm³/mol. The lowest BCUT2D eigenvalue weighted by molar-refractivity contribution is -0.146. The first kappa shape index (κ1) is 16.9. The van der Waals surface area contributed by atoms with E-state index in [1.165, 1.54) is 18.2 Å². The van der Waals surface area contributed by atoms with Crippen LogP contribution in [-0.2, 0) is 19.1 Å². The Balaban J connectivity index is 3.05. The fourth-order valence-electron chi connectivity index (χ4n) is 1.77. The summed E-state index contributed by atoms with van der Waals surface area (Å²) in [6.07, 6.45) is 1.44. The van der Waals surface area contributed by atoms with E-state index in [-0.39, 0.29) is 30.5 Å². The Labute approximate surface area is 123 Å². The van der Waals surface area contributed by atoms with Crippen LogP contribution in [0.1, 0.15) is 32.3 Å². The van der Waals surface area contributed by atoms with Crippen molar-refractivity contribution in [2.45, 2.75) is 26.7 Å². The summed E-state index contributed by atoms with van der Waals surface area (Å²) in [7, 11) is 0. The van der Waals surface area contributed by atoms with Crippen molar-refractivity contribution in [3.63, 3.8) is 0 Å². The highest BCUT2D eigenvalue weighted by molar-refractivity contribution is 6.14. The molecule has 4 nitrogen and oxygen atoms in total. The molecule has 0 fully saturated rings. The molecule has 1 atom stereocenters. The summed E-state index contributed by atoms with van der Waals surface area (Å²) in [5.41, 5.74) is 0.483. The third-order valence-electron chi connectivity index (χ3n) is 2.78. The van der Waals surface area contributed by atoms with Crippen molar-refractivity contribution in [3.8, 4) is 0 Å². The highest BCUT2D eigenvalue weighted by Crippen LogP contribution is 2.20. The van der Waals surface area contributed by atoms with Gasteiger partial charge in [0.1, 0.15) is 11.4 Å². The number of carbonyl (C=O) groups is 2. The van der Waals surface area contributed by atoms with Crippen molar-refractivity contribution < 1.29 is 23.5 Å². The number of carbonyl (C=O) groups excluding carboxylic acids is 2. The van der Waals surface area contributed by atoms with E-state index in [4.69, 9.17) is 9.47 Å². The molecule has 5 heteroatoms. The summed E-state index contributed by atoms with van der Waals surface area (Å²) in [5.74, 6) is -2.18. The molecule has 0 saturated heterocycles. The molecule has 1 aromatic rings. The maximum absolute atomic E-state index is 13.2. The van der Waals surface area contributed by atoms with Crippen LogP contribution >= 0.6 is 0 Å². The molecule has 0 bridgehead atoms. The number of hydrogen-bond acceptors (Lipinski definition) is 4. The van der Waals surface area contributed by atoms with Gasteiger partial charge in [0.2, 0.25) is 0 Å². The maximum atomic E-state index is 13.2. The van der Waals surface area contributed by atoms with Crippen molar-refractivity contribution in [3.05, 3.63) is 47.3 Å². The standard InChI is InChI=1S/C16H19FO4/c1-4-20-15(18)14(16(19)21-5-2)9-11(3)12-7-6-8-13(17)10-12/h6-11H,4-5H2,1-3H3/t11-/m1/s1. The lowest BCUT2D eigenvalue weighted by Gasteiger charge is -2.11. The topological polar surface area (TPSA) is 52.6 Å². The highest BCUT2D eigenvalue weighted by Gasteiger charge is 2.22. The SMILES string of the molecule is CCOC(=O)C(=C[C@@H](C)c1cccc(F)c1)C(=O)OCC. The second-order valence-corrected chi connectivity index (χ2v) is 4.36. The lowest BCUT2D eigenvalue weighted by Crippen LogP contribution is -2.19. The van der Waals surface area contributed by atoms with E-state index in [1.54, 1.807) is 32.9 Å². The van der Waals surface area contributed by atoms with Gasteiger partial charge in [-0.3, -0.25) is 0 Å². The monoisotopic (exact) mass is 294 g/mol. The minimum absolute atomic E-state index is 0.157. The smallest absolute Gasteiger partial charge is 0.345 e. The van der Waals surface area contributed by atoms with Crippen molar-refractivity contribution in [2.24, 2.45) is 0 Å². The van der Waals surface area contributed by atoms with Gasteiger partial charge in [-0.05, 0) is 31.5 Å². The normalized spacial score (nSPS) is 11.4. The molecule has 1 aromatic carbocycles. The molecule has 21 heavy (non-hydrogen) atoms. The van der Waals surface area contributed by atoms with Crippen LogP contribution in [0.5, 0.6) is 0 Å². The van der Waals surface area contributed by atoms with Gasteiger partial charge in [0.05, 0.1) is 13.2 Å². The molecule has 1 rings (SSSR count). The van der Waals surface area contributed by atoms with Gasteiger partial charge in [-0.2, -0.15) is 0 Å². The molecule has 0 aliphatic carbocycles. The van der Waals surface area contributed by atoms with Gasteiger partial charge in [0.25, 0.3) is 0 Å². The molecule has 0 aliphatic rings. The molecule has 0 heterocycles. The Bertz CT molecular complexity index is 517. The fraction of sp³-hybridized carbons (Fsp3) is 0.375. The van der Waals surface area contributed by atoms with Gasteiger partial charge in [-0.25, -0.2) is 14.0 Å². The molecule has 0 aliphatic heterocycles. The van der Waals surface area contributed by atoms with Gasteiger partial charge in [0, 0.05) is 5.92 Å². The number of benzene rings is 1. The van der Waals surface area contributed by atoms with E-state index in [9.17, 15) is 14.0 Å². The van der Waals surface area contributed by atoms with E-state index in [2.05, 4.69) is 0 Å². The summed E-state index contributed by atoms with van der Waals surface area (Å²) in [6.45, 7) is 5.37. The van der Waals surface area contributed by atoms with E-state index in [0.717, 1.165) is 0 Å². The molecule has 0 aromatic heterocycles. The second kappa shape index (κ2) is 8.19. The van der Waals surface area contributed by atoms with Gasteiger partial charge in [-0.1, -0.05) is 25.1 Å². The molecule has 0 amide bonds. The van der Waals surface area contributed by atoms with Crippen LogP contribution in [0, 0.1) is 5.82 Å². The second-order valence-electron chi connectivity index (χ2n) is 4.36. The number of rotatable bonds is 6. The number of ether oxygens (including phenoxy) is 2. The largest absolute Gasteiger partial charge is 0.462 e. The van der Waals surface area contributed by atoms with E-state index in [1.807, 2.05) is 0 Å². The Morgan fingerprint density at radius 2 is 1.76 bits per heavy atom. The van der Waals surface area contributed by atoms with Crippen molar-refractivity contribution in [1.29, 1.82) is 0 Å². The molecule has 0 N–H and O–H groups in total. The maximum Gasteiger partial charge on any atom is 0.345 e. The first-order valence-electron chi connectivity index (χ1n) is 6.81. The van der Waals surface area contributed by atoms with E-state index < -0.39 is 11.9 Å².